The molecular formula is C21H28N4O. The summed E-state index contributed by atoms with van der Waals surface area (Å²) in [4.78, 5) is 24.9. The van der Waals surface area contributed by atoms with Crippen LogP contribution in [0, 0.1) is 0 Å². The monoisotopic (exact) mass is 352 g/mol. The minimum absolute atomic E-state index is 0.0588. The lowest BCUT2D eigenvalue weighted by molar-refractivity contribution is 0.0827. The number of aromatic amines is 1. The smallest absolute Gasteiger partial charge is 0.253 e. The van der Waals surface area contributed by atoms with Gasteiger partial charge in [0.25, 0.3) is 5.91 Å². The highest BCUT2D eigenvalue weighted by Crippen LogP contribution is 2.33. The number of likely N-dealkylation sites (tertiary alicyclic amines) is 1. The molecule has 0 bridgehead atoms. The summed E-state index contributed by atoms with van der Waals surface area (Å²) in [5.41, 5.74) is 4.60. The van der Waals surface area contributed by atoms with Gasteiger partial charge in [-0.2, -0.15) is 0 Å². The lowest BCUT2D eigenvalue weighted by Crippen LogP contribution is -2.24. The molecule has 1 aromatic heterocycles. The molecule has 5 heteroatoms. The maximum atomic E-state index is 12.2. The van der Waals surface area contributed by atoms with Crippen LogP contribution < -0.4 is 0 Å². The average Bonchev–Trinajstić information content (AvgIpc) is 3.27. The number of amides is 1. The maximum absolute atomic E-state index is 12.2. The van der Waals surface area contributed by atoms with E-state index in [1.165, 1.54) is 36.2 Å². The third-order valence-corrected chi connectivity index (χ3v) is 5.62. The van der Waals surface area contributed by atoms with Crippen LogP contribution in [0.4, 0.5) is 0 Å². The molecule has 0 radical (unpaired) electrons. The Bertz CT molecular complexity index is 772. The van der Waals surface area contributed by atoms with E-state index in [1.54, 1.807) is 19.0 Å². The van der Waals surface area contributed by atoms with Gasteiger partial charge in [0, 0.05) is 31.9 Å². The van der Waals surface area contributed by atoms with Gasteiger partial charge in [-0.1, -0.05) is 12.1 Å². The number of fused-ring (bicyclic) bond motifs is 1. The van der Waals surface area contributed by atoms with E-state index in [-0.39, 0.29) is 5.91 Å². The largest absolute Gasteiger partial charge is 0.345 e. The topological polar surface area (TPSA) is 52.2 Å². The van der Waals surface area contributed by atoms with Crippen LogP contribution in [-0.2, 0) is 19.4 Å². The third-order valence-electron chi connectivity index (χ3n) is 5.62. The number of rotatable bonds is 4. The normalized spacial score (nSPS) is 20.2. The van der Waals surface area contributed by atoms with Gasteiger partial charge in [0.1, 0.15) is 5.82 Å². The van der Waals surface area contributed by atoms with Crippen molar-refractivity contribution in [1.82, 2.24) is 19.8 Å². The number of hydrogen-bond acceptors (Lipinski definition) is 3. The summed E-state index contributed by atoms with van der Waals surface area (Å²) >= 11 is 0. The van der Waals surface area contributed by atoms with Gasteiger partial charge in [0.05, 0.1) is 11.7 Å². The molecule has 0 unspecified atom stereocenters. The van der Waals surface area contributed by atoms with Gasteiger partial charge >= 0.3 is 0 Å². The number of nitrogens with zero attached hydrogens (tertiary/aromatic N) is 3. The number of H-pyrrole nitrogens is 1. The van der Waals surface area contributed by atoms with Crippen molar-refractivity contribution in [3.05, 3.63) is 52.6 Å². The highest BCUT2D eigenvalue weighted by Gasteiger charge is 2.29. The van der Waals surface area contributed by atoms with Crippen LogP contribution in [0.3, 0.4) is 0 Å². The highest BCUT2D eigenvalue weighted by molar-refractivity contribution is 5.94. The number of aryl methyl sites for hydroxylation is 2. The number of carbonyl (C=O) groups is 1. The number of hydrogen-bond donors (Lipinski definition) is 1. The molecule has 4 rings (SSSR count). The lowest BCUT2D eigenvalue weighted by atomic mass is 10.0. The van der Waals surface area contributed by atoms with Crippen LogP contribution in [0.5, 0.6) is 0 Å². The van der Waals surface area contributed by atoms with Crippen molar-refractivity contribution < 1.29 is 4.79 Å². The minimum atomic E-state index is 0.0588. The highest BCUT2D eigenvalue weighted by atomic mass is 16.2. The molecule has 1 N–H and O–H groups in total. The predicted octanol–water partition coefficient (Wildman–Crippen LogP) is 3.33. The van der Waals surface area contributed by atoms with E-state index in [2.05, 4.69) is 16.0 Å². The van der Waals surface area contributed by atoms with Crippen molar-refractivity contribution in [2.45, 2.75) is 51.1 Å². The fraction of sp³-hybridized carbons (Fsp3) is 0.524. The molecule has 2 aromatic rings. The molecule has 1 amide bonds. The Labute approximate surface area is 155 Å². The van der Waals surface area contributed by atoms with E-state index >= 15 is 0 Å². The van der Waals surface area contributed by atoms with E-state index in [4.69, 9.17) is 4.98 Å². The van der Waals surface area contributed by atoms with E-state index in [9.17, 15) is 4.79 Å². The fourth-order valence-electron chi connectivity index (χ4n) is 4.25. The standard InChI is InChI=1S/C21H28N4O/c1-24(2)21(26)16-8-5-7-15(13-16)14-25-12-6-11-19(25)20-22-17-9-3-4-10-18(17)23-20/h5,7-8,13,19H,3-4,6,9-12,14H2,1-2H3,(H,22,23)/t19-/m1/s1. The van der Waals surface area contributed by atoms with Gasteiger partial charge in [-0.25, -0.2) is 4.98 Å². The second-order valence-corrected chi connectivity index (χ2v) is 7.78. The lowest BCUT2D eigenvalue weighted by Gasteiger charge is -2.23. The van der Waals surface area contributed by atoms with Crippen LogP contribution >= 0.6 is 0 Å². The van der Waals surface area contributed by atoms with E-state index in [0.29, 0.717) is 6.04 Å². The Hall–Kier alpha value is -2.14. The molecule has 1 aromatic carbocycles. The summed E-state index contributed by atoms with van der Waals surface area (Å²) in [6.45, 7) is 1.95. The SMILES string of the molecule is CN(C)C(=O)c1cccc(CN2CCC[C@@H]2c2nc3c([nH]2)CCCC3)c1. The van der Waals surface area contributed by atoms with Crippen molar-refractivity contribution >= 4 is 5.91 Å². The molecule has 2 aliphatic rings. The Balaban J connectivity index is 1.51. The van der Waals surface area contributed by atoms with Gasteiger partial charge in [0.2, 0.25) is 0 Å². The number of aromatic nitrogens is 2. The zero-order chi connectivity index (χ0) is 18.1. The van der Waals surface area contributed by atoms with Crippen LogP contribution in [0.1, 0.15) is 64.9 Å². The molecule has 1 aliphatic carbocycles. The second-order valence-electron chi connectivity index (χ2n) is 7.78. The Morgan fingerprint density at radius 3 is 2.92 bits per heavy atom. The molecule has 1 saturated heterocycles. The maximum Gasteiger partial charge on any atom is 0.253 e. The zero-order valence-electron chi connectivity index (χ0n) is 15.8. The van der Waals surface area contributed by atoms with Crippen molar-refractivity contribution in [3.8, 4) is 0 Å². The summed E-state index contributed by atoms with van der Waals surface area (Å²) < 4.78 is 0. The Morgan fingerprint density at radius 2 is 2.12 bits per heavy atom. The first-order valence-corrected chi connectivity index (χ1v) is 9.74. The number of imidazole rings is 1. The molecule has 1 atom stereocenters. The molecule has 2 heterocycles. The van der Waals surface area contributed by atoms with E-state index in [0.717, 1.165) is 43.7 Å². The van der Waals surface area contributed by atoms with Crippen LogP contribution in [0.25, 0.3) is 0 Å². The van der Waals surface area contributed by atoms with Gasteiger partial charge in [0.15, 0.2) is 0 Å². The molecule has 138 valence electrons. The van der Waals surface area contributed by atoms with Crippen LogP contribution in [-0.4, -0.2) is 46.3 Å². The first-order valence-electron chi connectivity index (χ1n) is 9.74. The third kappa shape index (κ3) is 3.40. The Morgan fingerprint density at radius 1 is 1.27 bits per heavy atom. The van der Waals surface area contributed by atoms with Gasteiger partial charge in [-0.15, -0.1) is 0 Å². The predicted molar refractivity (Wildman–Crippen MR) is 102 cm³/mol. The average molecular weight is 352 g/mol. The number of benzene rings is 1. The first kappa shape index (κ1) is 17.3. The molecule has 0 spiro atoms. The summed E-state index contributed by atoms with van der Waals surface area (Å²) in [5, 5.41) is 0. The number of carbonyl (C=O) groups excluding carboxylic acids is 1. The van der Waals surface area contributed by atoms with Crippen molar-refractivity contribution in [2.24, 2.45) is 0 Å². The van der Waals surface area contributed by atoms with Crippen LogP contribution in [0.2, 0.25) is 0 Å². The summed E-state index contributed by atoms with van der Waals surface area (Å²) in [7, 11) is 3.59. The minimum Gasteiger partial charge on any atom is -0.345 e. The molecule has 0 saturated carbocycles. The number of nitrogens with one attached hydrogen (secondary N) is 1. The first-order chi connectivity index (χ1) is 12.6. The summed E-state index contributed by atoms with van der Waals surface area (Å²) in [5.74, 6) is 1.21. The zero-order valence-corrected chi connectivity index (χ0v) is 15.8. The Kier molecular flexibility index (Phi) is 4.81. The van der Waals surface area contributed by atoms with Gasteiger partial charge in [-0.3, -0.25) is 9.69 Å². The molecule has 26 heavy (non-hydrogen) atoms. The molecule has 1 fully saturated rings. The van der Waals surface area contributed by atoms with Gasteiger partial charge in [-0.05, 0) is 62.8 Å². The van der Waals surface area contributed by atoms with E-state index < -0.39 is 0 Å². The molecule has 5 nitrogen and oxygen atoms in total. The fourth-order valence-corrected chi connectivity index (χ4v) is 4.25. The summed E-state index contributed by atoms with van der Waals surface area (Å²) in [6, 6.07) is 8.41. The van der Waals surface area contributed by atoms with Crippen LogP contribution in [0.15, 0.2) is 24.3 Å². The van der Waals surface area contributed by atoms with Crippen molar-refractivity contribution in [3.63, 3.8) is 0 Å². The second kappa shape index (κ2) is 7.23. The molecule has 1 aliphatic heterocycles. The van der Waals surface area contributed by atoms with Crippen molar-refractivity contribution in [2.75, 3.05) is 20.6 Å². The molecular weight excluding hydrogens is 324 g/mol. The van der Waals surface area contributed by atoms with E-state index in [1.807, 2.05) is 18.2 Å². The van der Waals surface area contributed by atoms with Crippen molar-refractivity contribution in [1.29, 1.82) is 0 Å². The summed E-state index contributed by atoms with van der Waals surface area (Å²) in [6.07, 6.45) is 7.15. The quantitative estimate of drug-likeness (QED) is 0.918. The van der Waals surface area contributed by atoms with Gasteiger partial charge < -0.3 is 9.88 Å².